The van der Waals surface area contributed by atoms with Gasteiger partial charge in [0, 0.05) is 29.7 Å². The fourth-order valence-electron chi connectivity index (χ4n) is 3.66. The number of anilines is 1. The molecule has 0 aliphatic heterocycles. The minimum atomic E-state index is -3.22. The minimum Gasteiger partial charge on any atom is -0.423 e. The standard InChI is InChI=1S/C20H28N2O4S/c1-13(2)27(24,25)22-18-7-4-15(10-14(18)3)12-21-17-6-8-19-16(11-17)5-9-20(23)26-19/h5-6,8-9,11,13-15,18,21-22H,4,7,10,12H2,1-3H3/t14?,15-,18?/m1/s1. The molecule has 1 fully saturated rings. The first-order valence-corrected chi connectivity index (χ1v) is 11.1. The van der Waals surface area contributed by atoms with Gasteiger partial charge >= 0.3 is 5.63 Å². The molecule has 2 aromatic rings. The molecule has 1 saturated carbocycles. The SMILES string of the molecule is CC1C[C@H](CNc2ccc3oc(=O)ccc3c2)CCC1NS(=O)(=O)C(C)C. The fourth-order valence-corrected chi connectivity index (χ4v) is 4.70. The first-order chi connectivity index (χ1) is 12.7. The van der Waals surface area contributed by atoms with E-state index in [1.807, 2.05) is 12.1 Å². The molecule has 1 aromatic heterocycles. The predicted molar refractivity (Wildman–Crippen MR) is 108 cm³/mol. The molecule has 27 heavy (non-hydrogen) atoms. The van der Waals surface area contributed by atoms with Gasteiger partial charge < -0.3 is 9.73 Å². The van der Waals surface area contributed by atoms with E-state index in [-0.39, 0.29) is 11.7 Å². The molecule has 3 rings (SSSR count). The lowest BCUT2D eigenvalue weighted by atomic mass is 9.79. The van der Waals surface area contributed by atoms with E-state index in [0.717, 1.165) is 36.9 Å². The van der Waals surface area contributed by atoms with E-state index in [0.29, 0.717) is 17.4 Å². The van der Waals surface area contributed by atoms with Gasteiger partial charge in [-0.3, -0.25) is 0 Å². The van der Waals surface area contributed by atoms with Crippen LogP contribution in [0.25, 0.3) is 11.0 Å². The van der Waals surface area contributed by atoms with Crippen LogP contribution in [-0.2, 0) is 10.0 Å². The maximum atomic E-state index is 12.1. The summed E-state index contributed by atoms with van der Waals surface area (Å²) in [4.78, 5) is 11.3. The number of hydrogen-bond acceptors (Lipinski definition) is 5. The van der Waals surface area contributed by atoms with E-state index in [1.165, 1.54) is 6.07 Å². The molecule has 6 nitrogen and oxygen atoms in total. The van der Waals surface area contributed by atoms with Gasteiger partial charge in [-0.25, -0.2) is 17.9 Å². The Morgan fingerprint density at radius 2 is 1.96 bits per heavy atom. The average molecular weight is 393 g/mol. The third kappa shape index (κ3) is 4.90. The van der Waals surface area contributed by atoms with Gasteiger partial charge in [-0.2, -0.15) is 0 Å². The highest BCUT2D eigenvalue weighted by Crippen LogP contribution is 2.30. The van der Waals surface area contributed by atoms with Crippen molar-refractivity contribution in [1.82, 2.24) is 4.72 Å². The number of hydrogen-bond donors (Lipinski definition) is 2. The Hall–Kier alpha value is -1.86. The molecule has 0 radical (unpaired) electrons. The molecule has 1 aliphatic rings. The van der Waals surface area contributed by atoms with Crippen molar-refractivity contribution in [3.8, 4) is 0 Å². The van der Waals surface area contributed by atoms with Crippen LogP contribution < -0.4 is 15.7 Å². The maximum absolute atomic E-state index is 12.1. The summed E-state index contributed by atoms with van der Waals surface area (Å²) >= 11 is 0. The molecule has 1 heterocycles. The third-order valence-corrected chi connectivity index (χ3v) is 7.30. The van der Waals surface area contributed by atoms with Crippen LogP contribution in [0.4, 0.5) is 5.69 Å². The summed E-state index contributed by atoms with van der Waals surface area (Å²) in [7, 11) is -3.22. The fraction of sp³-hybridized carbons (Fsp3) is 0.550. The lowest BCUT2D eigenvalue weighted by Crippen LogP contribution is -2.45. The highest BCUT2D eigenvalue weighted by Gasteiger charge is 2.31. The van der Waals surface area contributed by atoms with E-state index in [4.69, 9.17) is 4.42 Å². The van der Waals surface area contributed by atoms with E-state index in [2.05, 4.69) is 17.0 Å². The van der Waals surface area contributed by atoms with Crippen LogP contribution in [0.1, 0.15) is 40.0 Å². The first-order valence-electron chi connectivity index (χ1n) is 9.53. The second-order valence-corrected chi connectivity index (χ2v) is 10.1. The Bertz CT molecular complexity index is 952. The summed E-state index contributed by atoms with van der Waals surface area (Å²) in [6.45, 7) is 6.38. The molecule has 0 bridgehead atoms. The number of rotatable bonds is 6. The van der Waals surface area contributed by atoms with E-state index in [1.54, 1.807) is 26.0 Å². The van der Waals surface area contributed by atoms with Crippen LogP contribution in [0.2, 0.25) is 0 Å². The molecular weight excluding hydrogens is 364 g/mol. The summed E-state index contributed by atoms with van der Waals surface area (Å²) in [6, 6.07) is 8.91. The summed E-state index contributed by atoms with van der Waals surface area (Å²) in [5.74, 6) is 0.814. The van der Waals surface area contributed by atoms with Crippen molar-refractivity contribution >= 4 is 26.7 Å². The predicted octanol–water partition coefficient (Wildman–Crippen LogP) is 3.34. The molecule has 2 N–H and O–H groups in total. The third-order valence-electron chi connectivity index (χ3n) is 5.43. The Kier molecular flexibility index (Phi) is 5.91. The monoisotopic (exact) mass is 392 g/mol. The van der Waals surface area contributed by atoms with Gasteiger partial charge in [0.15, 0.2) is 0 Å². The van der Waals surface area contributed by atoms with Gasteiger partial charge in [-0.05, 0) is 69.2 Å². The molecular formula is C20H28N2O4S. The van der Waals surface area contributed by atoms with Gasteiger partial charge in [0.1, 0.15) is 5.58 Å². The van der Waals surface area contributed by atoms with Crippen LogP contribution in [0, 0.1) is 11.8 Å². The van der Waals surface area contributed by atoms with Gasteiger partial charge in [-0.1, -0.05) is 6.92 Å². The summed E-state index contributed by atoms with van der Waals surface area (Å²) < 4.78 is 32.3. The maximum Gasteiger partial charge on any atom is 0.336 e. The minimum absolute atomic E-state index is 0.0252. The molecule has 1 aliphatic carbocycles. The summed E-state index contributed by atoms with van der Waals surface area (Å²) in [5.41, 5.74) is 1.23. The largest absolute Gasteiger partial charge is 0.423 e. The summed E-state index contributed by atoms with van der Waals surface area (Å²) in [5, 5.41) is 3.95. The second-order valence-electron chi connectivity index (χ2n) is 7.86. The van der Waals surface area contributed by atoms with E-state index < -0.39 is 15.3 Å². The van der Waals surface area contributed by atoms with Crippen LogP contribution >= 0.6 is 0 Å². The smallest absolute Gasteiger partial charge is 0.336 e. The number of sulfonamides is 1. The molecule has 3 atom stereocenters. The Labute approximate surface area is 160 Å². The molecule has 2 unspecified atom stereocenters. The summed E-state index contributed by atoms with van der Waals surface area (Å²) in [6.07, 6.45) is 2.84. The lowest BCUT2D eigenvalue weighted by Gasteiger charge is -2.35. The zero-order valence-corrected chi connectivity index (χ0v) is 16.9. The van der Waals surface area contributed by atoms with Gasteiger partial charge in [0.05, 0.1) is 5.25 Å². The first kappa shape index (κ1) is 19.9. The van der Waals surface area contributed by atoms with Crippen molar-refractivity contribution in [2.45, 2.75) is 51.3 Å². The second kappa shape index (κ2) is 8.02. The van der Waals surface area contributed by atoms with Gasteiger partial charge in [0.2, 0.25) is 10.0 Å². The highest BCUT2D eigenvalue weighted by atomic mass is 32.2. The van der Waals surface area contributed by atoms with E-state index >= 15 is 0 Å². The van der Waals surface area contributed by atoms with Crippen molar-refractivity contribution < 1.29 is 12.8 Å². The van der Waals surface area contributed by atoms with Crippen LogP contribution in [-0.4, -0.2) is 26.3 Å². The van der Waals surface area contributed by atoms with Gasteiger partial charge in [-0.15, -0.1) is 0 Å². The quantitative estimate of drug-likeness (QED) is 0.736. The van der Waals surface area contributed by atoms with Crippen LogP contribution in [0.3, 0.4) is 0 Å². The average Bonchev–Trinajstić information content (AvgIpc) is 2.61. The van der Waals surface area contributed by atoms with Gasteiger partial charge in [0.25, 0.3) is 0 Å². The Morgan fingerprint density at radius 1 is 1.19 bits per heavy atom. The van der Waals surface area contributed by atoms with Crippen LogP contribution in [0.5, 0.6) is 0 Å². The Morgan fingerprint density at radius 3 is 2.67 bits per heavy atom. The van der Waals surface area contributed by atoms with Crippen molar-refractivity contribution in [3.63, 3.8) is 0 Å². The van der Waals surface area contributed by atoms with Crippen molar-refractivity contribution in [3.05, 3.63) is 40.8 Å². The Balaban J connectivity index is 1.56. The van der Waals surface area contributed by atoms with Crippen molar-refractivity contribution in [2.75, 3.05) is 11.9 Å². The molecule has 148 valence electrons. The van der Waals surface area contributed by atoms with E-state index in [9.17, 15) is 13.2 Å². The number of nitrogens with one attached hydrogen (secondary N) is 2. The lowest BCUT2D eigenvalue weighted by molar-refractivity contribution is 0.243. The number of benzene rings is 1. The molecule has 0 amide bonds. The highest BCUT2D eigenvalue weighted by molar-refractivity contribution is 7.90. The molecule has 0 saturated heterocycles. The normalized spacial score (nSPS) is 23.6. The zero-order chi connectivity index (χ0) is 19.6. The topological polar surface area (TPSA) is 88.4 Å². The van der Waals surface area contributed by atoms with Crippen LogP contribution in [0.15, 0.2) is 39.5 Å². The molecule has 0 spiro atoms. The number of fused-ring (bicyclic) bond motifs is 1. The molecule has 1 aromatic carbocycles. The van der Waals surface area contributed by atoms with Crippen molar-refractivity contribution in [2.24, 2.45) is 11.8 Å². The molecule has 7 heteroatoms. The zero-order valence-electron chi connectivity index (χ0n) is 16.1. The van der Waals surface area contributed by atoms with Crippen molar-refractivity contribution in [1.29, 1.82) is 0 Å².